The van der Waals surface area contributed by atoms with Gasteiger partial charge in [-0.1, -0.05) is 6.42 Å². The Morgan fingerprint density at radius 3 is 2.90 bits per heavy atom. The first-order valence-electron chi connectivity index (χ1n) is 7.21. The van der Waals surface area contributed by atoms with Crippen LogP contribution in [0.1, 0.15) is 39.2 Å². The standard InChI is InChI=1S/C14H24N4O2/c1-10(2)18-9-12(7-15-18)16-14(20)17(3)8-11-5-4-6-13(11)19/h7,9-11,13,19H,4-6,8H2,1-3H3,(H,16,20). The van der Waals surface area contributed by atoms with Gasteiger partial charge in [-0.3, -0.25) is 4.68 Å². The molecule has 1 aromatic rings. The fourth-order valence-electron chi connectivity index (χ4n) is 2.57. The second-order valence-electron chi connectivity index (χ2n) is 5.87. The summed E-state index contributed by atoms with van der Waals surface area (Å²) >= 11 is 0. The zero-order valence-electron chi connectivity index (χ0n) is 12.4. The van der Waals surface area contributed by atoms with Crippen molar-refractivity contribution in [2.75, 3.05) is 18.9 Å². The van der Waals surface area contributed by atoms with E-state index in [9.17, 15) is 9.90 Å². The van der Waals surface area contributed by atoms with Crippen molar-refractivity contribution in [3.8, 4) is 0 Å². The molecule has 0 spiro atoms. The molecule has 2 rings (SSSR count). The summed E-state index contributed by atoms with van der Waals surface area (Å²) in [6.07, 6.45) is 6.08. The first-order chi connectivity index (χ1) is 9.47. The lowest BCUT2D eigenvalue weighted by molar-refractivity contribution is 0.116. The van der Waals surface area contributed by atoms with Gasteiger partial charge in [-0.2, -0.15) is 5.10 Å². The molecule has 1 saturated carbocycles. The fraction of sp³-hybridized carbons (Fsp3) is 0.714. The van der Waals surface area contributed by atoms with Crippen molar-refractivity contribution in [2.45, 2.75) is 45.3 Å². The van der Waals surface area contributed by atoms with Crippen LogP contribution in [0.2, 0.25) is 0 Å². The maximum absolute atomic E-state index is 12.1. The van der Waals surface area contributed by atoms with Crippen LogP contribution in [0.3, 0.4) is 0 Å². The predicted molar refractivity (Wildman–Crippen MR) is 77.6 cm³/mol. The molecule has 0 aromatic carbocycles. The van der Waals surface area contributed by atoms with Gasteiger partial charge in [0.05, 0.1) is 18.0 Å². The molecule has 2 atom stereocenters. The summed E-state index contributed by atoms with van der Waals surface area (Å²) in [4.78, 5) is 13.7. The van der Waals surface area contributed by atoms with E-state index in [0.717, 1.165) is 19.3 Å². The smallest absolute Gasteiger partial charge is 0.321 e. The monoisotopic (exact) mass is 280 g/mol. The molecule has 1 aliphatic carbocycles. The number of aromatic nitrogens is 2. The number of nitrogens with zero attached hydrogens (tertiary/aromatic N) is 3. The predicted octanol–water partition coefficient (Wildman–Crippen LogP) is 2.09. The third-order valence-corrected chi connectivity index (χ3v) is 3.86. The summed E-state index contributed by atoms with van der Waals surface area (Å²) in [7, 11) is 1.76. The van der Waals surface area contributed by atoms with Gasteiger partial charge >= 0.3 is 6.03 Å². The van der Waals surface area contributed by atoms with Crippen LogP contribution >= 0.6 is 0 Å². The lowest BCUT2D eigenvalue weighted by Gasteiger charge is -2.23. The molecule has 0 saturated heterocycles. The molecule has 1 aliphatic rings. The summed E-state index contributed by atoms with van der Waals surface area (Å²) in [5.74, 6) is 0.198. The van der Waals surface area contributed by atoms with Crippen molar-refractivity contribution >= 4 is 11.7 Å². The molecule has 2 amide bonds. The van der Waals surface area contributed by atoms with Crippen molar-refractivity contribution in [3.05, 3.63) is 12.4 Å². The summed E-state index contributed by atoms with van der Waals surface area (Å²) in [5, 5.41) is 16.8. The Morgan fingerprint density at radius 2 is 2.35 bits per heavy atom. The van der Waals surface area contributed by atoms with Crippen LogP contribution in [0.4, 0.5) is 10.5 Å². The quantitative estimate of drug-likeness (QED) is 0.887. The largest absolute Gasteiger partial charge is 0.393 e. The third-order valence-electron chi connectivity index (χ3n) is 3.86. The van der Waals surface area contributed by atoms with Crippen LogP contribution in [0.15, 0.2) is 12.4 Å². The first-order valence-corrected chi connectivity index (χ1v) is 7.21. The molecule has 2 unspecified atom stereocenters. The Balaban J connectivity index is 1.86. The van der Waals surface area contributed by atoms with Crippen molar-refractivity contribution in [1.29, 1.82) is 0 Å². The molecule has 1 fully saturated rings. The van der Waals surface area contributed by atoms with Gasteiger partial charge in [0.25, 0.3) is 0 Å². The molecule has 2 N–H and O–H groups in total. The molecule has 0 aliphatic heterocycles. The van der Waals surface area contributed by atoms with Crippen LogP contribution in [0.25, 0.3) is 0 Å². The zero-order valence-corrected chi connectivity index (χ0v) is 12.4. The van der Waals surface area contributed by atoms with Crippen LogP contribution in [-0.2, 0) is 0 Å². The Morgan fingerprint density at radius 1 is 1.60 bits per heavy atom. The molecular weight excluding hydrogens is 256 g/mol. The maximum atomic E-state index is 12.1. The van der Waals surface area contributed by atoms with E-state index in [1.54, 1.807) is 22.8 Å². The Labute approximate surface area is 119 Å². The average Bonchev–Trinajstić information content (AvgIpc) is 2.99. The van der Waals surface area contributed by atoms with E-state index in [1.165, 1.54) is 0 Å². The summed E-state index contributed by atoms with van der Waals surface area (Å²) in [6.45, 7) is 4.66. The van der Waals surface area contributed by atoms with Gasteiger partial charge in [0.1, 0.15) is 0 Å². The highest BCUT2D eigenvalue weighted by Crippen LogP contribution is 2.26. The van der Waals surface area contributed by atoms with Gasteiger partial charge in [0.15, 0.2) is 0 Å². The lowest BCUT2D eigenvalue weighted by Crippen LogP contribution is -2.37. The van der Waals surface area contributed by atoms with Crippen LogP contribution in [-0.4, -0.2) is 45.5 Å². The molecule has 0 radical (unpaired) electrons. The normalized spacial score (nSPS) is 22.2. The highest BCUT2D eigenvalue weighted by Gasteiger charge is 2.27. The van der Waals surface area contributed by atoms with Crippen molar-refractivity contribution in [2.24, 2.45) is 5.92 Å². The number of carbonyl (C=O) groups excluding carboxylic acids is 1. The second kappa shape index (κ2) is 6.26. The number of hydrogen-bond donors (Lipinski definition) is 2. The van der Waals surface area contributed by atoms with E-state index in [-0.39, 0.29) is 24.1 Å². The van der Waals surface area contributed by atoms with E-state index in [2.05, 4.69) is 10.4 Å². The summed E-state index contributed by atoms with van der Waals surface area (Å²) in [6, 6.07) is 0.111. The number of carbonyl (C=O) groups is 1. The minimum absolute atomic E-state index is 0.160. The molecule has 20 heavy (non-hydrogen) atoms. The number of urea groups is 1. The number of nitrogens with one attached hydrogen (secondary N) is 1. The molecular formula is C14H24N4O2. The lowest BCUT2D eigenvalue weighted by atomic mass is 10.1. The van der Waals surface area contributed by atoms with E-state index in [0.29, 0.717) is 12.2 Å². The molecule has 6 nitrogen and oxygen atoms in total. The molecule has 1 aromatic heterocycles. The van der Waals surface area contributed by atoms with Crippen LogP contribution < -0.4 is 5.32 Å². The summed E-state index contributed by atoms with van der Waals surface area (Å²) in [5.41, 5.74) is 0.697. The number of amides is 2. The minimum Gasteiger partial charge on any atom is -0.393 e. The van der Waals surface area contributed by atoms with Crippen LogP contribution in [0.5, 0.6) is 0 Å². The Hall–Kier alpha value is -1.56. The fourth-order valence-corrected chi connectivity index (χ4v) is 2.57. The van der Waals surface area contributed by atoms with E-state index in [4.69, 9.17) is 0 Å². The highest BCUT2D eigenvalue weighted by molar-refractivity contribution is 5.88. The number of rotatable bonds is 4. The van der Waals surface area contributed by atoms with Crippen molar-refractivity contribution < 1.29 is 9.90 Å². The molecule has 6 heteroatoms. The third kappa shape index (κ3) is 3.50. The number of anilines is 1. The average molecular weight is 280 g/mol. The second-order valence-corrected chi connectivity index (χ2v) is 5.87. The van der Waals surface area contributed by atoms with Crippen molar-refractivity contribution in [1.82, 2.24) is 14.7 Å². The molecule has 0 bridgehead atoms. The van der Waals surface area contributed by atoms with E-state index in [1.807, 2.05) is 20.0 Å². The molecule has 1 heterocycles. The van der Waals surface area contributed by atoms with Crippen molar-refractivity contribution in [3.63, 3.8) is 0 Å². The van der Waals surface area contributed by atoms with E-state index < -0.39 is 0 Å². The Bertz CT molecular complexity index is 458. The highest BCUT2D eigenvalue weighted by atomic mass is 16.3. The van der Waals surface area contributed by atoms with Gasteiger partial charge in [0.2, 0.25) is 0 Å². The van der Waals surface area contributed by atoms with Crippen LogP contribution in [0, 0.1) is 5.92 Å². The zero-order chi connectivity index (χ0) is 14.7. The van der Waals surface area contributed by atoms with Gasteiger partial charge in [-0.05, 0) is 26.7 Å². The van der Waals surface area contributed by atoms with Gasteiger partial charge in [-0.25, -0.2) is 4.79 Å². The topological polar surface area (TPSA) is 70.4 Å². The number of aliphatic hydroxyl groups excluding tert-OH is 1. The maximum Gasteiger partial charge on any atom is 0.321 e. The first kappa shape index (κ1) is 14.8. The van der Waals surface area contributed by atoms with Gasteiger partial charge in [0, 0.05) is 31.7 Å². The van der Waals surface area contributed by atoms with E-state index >= 15 is 0 Å². The Kier molecular flexibility index (Phi) is 4.65. The molecule has 112 valence electrons. The SMILES string of the molecule is CC(C)n1cc(NC(=O)N(C)CC2CCCC2O)cn1. The number of aliphatic hydroxyl groups is 1. The van der Waals surface area contributed by atoms with Gasteiger partial charge < -0.3 is 15.3 Å². The summed E-state index contributed by atoms with van der Waals surface area (Å²) < 4.78 is 1.80. The minimum atomic E-state index is -0.269. The number of hydrogen-bond acceptors (Lipinski definition) is 3. The van der Waals surface area contributed by atoms with Gasteiger partial charge in [-0.15, -0.1) is 0 Å².